The Labute approximate surface area is 155 Å². The van der Waals surface area contributed by atoms with Crippen LogP contribution >= 0.6 is 22.9 Å². The Kier molecular flexibility index (Phi) is 6.01. The van der Waals surface area contributed by atoms with Crippen molar-refractivity contribution in [3.05, 3.63) is 51.4 Å². The lowest BCUT2D eigenvalue weighted by atomic mass is 10.2. The molecular formula is C17H19ClN4O2S. The van der Waals surface area contributed by atoms with Crippen LogP contribution < -0.4 is 5.32 Å². The van der Waals surface area contributed by atoms with E-state index in [0.717, 1.165) is 19.6 Å². The molecule has 1 fully saturated rings. The summed E-state index contributed by atoms with van der Waals surface area (Å²) in [6.45, 7) is 3.92. The monoisotopic (exact) mass is 378 g/mol. The summed E-state index contributed by atoms with van der Waals surface area (Å²) >= 11 is 7.54. The van der Waals surface area contributed by atoms with Crippen molar-refractivity contribution in [1.82, 2.24) is 20.1 Å². The second kappa shape index (κ2) is 8.42. The molecule has 0 atom stereocenters. The van der Waals surface area contributed by atoms with E-state index in [1.807, 2.05) is 0 Å². The molecule has 132 valence electrons. The van der Waals surface area contributed by atoms with Crippen LogP contribution in [-0.4, -0.2) is 59.3 Å². The molecule has 0 bridgehead atoms. The van der Waals surface area contributed by atoms with Gasteiger partial charge in [0.25, 0.3) is 5.91 Å². The number of rotatable bonds is 5. The fourth-order valence-electron chi connectivity index (χ4n) is 2.68. The Morgan fingerprint density at radius 3 is 2.72 bits per heavy atom. The Hall–Kier alpha value is -1.96. The first kappa shape index (κ1) is 17.8. The zero-order valence-corrected chi connectivity index (χ0v) is 15.2. The van der Waals surface area contributed by atoms with Crippen LogP contribution in [0.4, 0.5) is 0 Å². The van der Waals surface area contributed by atoms with Gasteiger partial charge in [0.05, 0.1) is 6.54 Å². The highest BCUT2D eigenvalue weighted by molar-refractivity contribution is 7.07. The fraction of sp³-hybridized carbons (Fsp3) is 0.353. The van der Waals surface area contributed by atoms with Crippen LogP contribution in [-0.2, 0) is 11.3 Å². The largest absolute Gasteiger partial charge is 0.342 e. The highest BCUT2D eigenvalue weighted by Crippen LogP contribution is 2.12. The zero-order valence-electron chi connectivity index (χ0n) is 13.7. The van der Waals surface area contributed by atoms with Crippen molar-refractivity contribution >= 4 is 34.8 Å². The zero-order chi connectivity index (χ0) is 17.6. The quantitative estimate of drug-likeness (QED) is 0.862. The van der Waals surface area contributed by atoms with Gasteiger partial charge >= 0.3 is 0 Å². The molecule has 0 radical (unpaired) electrons. The molecular weight excluding hydrogens is 360 g/mol. The third-order valence-corrected chi connectivity index (χ3v) is 5.03. The number of hydrogen-bond acceptors (Lipinski definition) is 5. The van der Waals surface area contributed by atoms with Gasteiger partial charge in [-0.1, -0.05) is 11.6 Å². The topological polar surface area (TPSA) is 65.5 Å². The van der Waals surface area contributed by atoms with E-state index in [1.54, 1.807) is 22.3 Å². The van der Waals surface area contributed by atoms with E-state index in [4.69, 9.17) is 11.6 Å². The van der Waals surface area contributed by atoms with Gasteiger partial charge in [-0.05, 0) is 34.5 Å². The minimum absolute atomic E-state index is 0.0302. The molecule has 1 N–H and O–H groups in total. The lowest BCUT2D eigenvalue weighted by Gasteiger charge is -2.34. The molecule has 0 saturated carbocycles. The molecule has 0 aromatic carbocycles. The standard InChI is InChI=1S/C17H19ClN4O2S/c18-14-1-3-19-15(9-14)17(24)20-10-16(23)22-6-4-21(5-7-22)11-13-2-8-25-12-13/h1-3,8-9,12H,4-7,10-11H2,(H,20,24). The molecule has 25 heavy (non-hydrogen) atoms. The number of carbonyl (C=O) groups is 2. The normalized spacial score (nSPS) is 15.2. The first-order valence-electron chi connectivity index (χ1n) is 8.03. The van der Waals surface area contributed by atoms with Crippen LogP contribution in [0.3, 0.4) is 0 Å². The minimum Gasteiger partial charge on any atom is -0.342 e. The summed E-state index contributed by atoms with van der Waals surface area (Å²) in [7, 11) is 0. The predicted octanol–water partition coefficient (Wildman–Crippen LogP) is 1.87. The second-order valence-electron chi connectivity index (χ2n) is 5.83. The van der Waals surface area contributed by atoms with E-state index in [2.05, 4.69) is 32.0 Å². The summed E-state index contributed by atoms with van der Waals surface area (Å²) in [5, 5.41) is 7.27. The average molecular weight is 379 g/mol. The first-order valence-corrected chi connectivity index (χ1v) is 9.35. The molecule has 8 heteroatoms. The van der Waals surface area contributed by atoms with Crippen molar-refractivity contribution in [2.45, 2.75) is 6.54 Å². The Morgan fingerprint density at radius 1 is 1.24 bits per heavy atom. The highest BCUT2D eigenvalue weighted by Gasteiger charge is 2.21. The summed E-state index contributed by atoms with van der Waals surface area (Å²) in [4.78, 5) is 32.3. The maximum Gasteiger partial charge on any atom is 0.270 e. The minimum atomic E-state index is -0.396. The summed E-state index contributed by atoms with van der Waals surface area (Å²) in [5.41, 5.74) is 1.52. The van der Waals surface area contributed by atoms with Crippen LogP contribution in [0.1, 0.15) is 16.1 Å². The molecule has 0 aliphatic carbocycles. The second-order valence-corrected chi connectivity index (χ2v) is 7.05. The van der Waals surface area contributed by atoms with Gasteiger partial charge in [0.1, 0.15) is 5.69 Å². The number of halogens is 1. The Morgan fingerprint density at radius 2 is 2.04 bits per heavy atom. The third-order valence-electron chi connectivity index (χ3n) is 4.07. The number of piperazine rings is 1. The number of nitrogens with one attached hydrogen (secondary N) is 1. The first-order chi connectivity index (χ1) is 12.1. The number of hydrogen-bond donors (Lipinski definition) is 1. The molecule has 3 rings (SSSR count). The molecule has 1 aliphatic heterocycles. The van der Waals surface area contributed by atoms with Gasteiger partial charge in [-0.2, -0.15) is 11.3 Å². The van der Waals surface area contributed by atoms with Crippen molar-refractivity contribution in [2.75, 3.05) is 32.7 Å². The number of pyridine rings is 1. The van der Waals surface area contributed by atoms with E-state index in [0.29, 0.717) is 18.1 Å². The smallest absolute Gasteiger partial charge is 0.270 e. The molecule has 6 nitrogen and oxygen atoms in total. The molecule has 1 saturated heterocycles. The van der Waals surface area contributed by atoms with Crippen molar-refractivity contribution in [3.8, 4) is 0 Å². The molecule has 0 unspecified atom stereocenters. The lowest BCUT2D eigenvalue weighted by Crippen LogP contribution is -2.50. The van der Waals surface area contributed by atoms with Gasteiger partial charge in [-0.3, -0.25) is 19.5 Å². The maximum atomic E-state index is 12.3. The summed E-state index contributed by atoms with van der Waals surface area (Å²) in [5.74, 6) is -0.475. The molecule has 3 heterocycles. The number of nitrogens with zero attached hydrogens (tertiary/aromatic N) is 3. The van der Waals surface area contributed by atoms with Gasteiger partial charge in [0.2, 0.25) is 5.91 Å². The van der Waals surface area contributed by atoms with E-state index < -0.39 is 5.91 Å². The average Bonchev–Trinajstić information content (AvgIpc) is 3.13. The van der Waals surface area contributed by atoms with Gasteiger partial charge in [-0.15, -0.1) is 0 Å². The lowest BCUT2D eigenvalue weighted by molar-refractivity contribution is -0.131. The van der Waals surface area contributed by atoms with Gasteiger partial charge in [0, 0.05) is 43.9 Å². The number of thiophene rings is 1. The van der Waals surface area contributed by atoms with Crippen molar-refractivity contribution < 1.29 is 9.59 Å². The maximum absolute atomic E-state index is 12.3. The molecule has 2 aromatic rings. The summed E-state index contributed by atoms with van der Waals surface area (Å²) in [6, 6.07) is 5.20. The van der Waals surface area contributed by atoms with E-state index in [1.165, 1.54) is 17.8 Å². The van der Waals surface area contributed by atoms with Crippen LogP contribution in [0.5, 0.6) is 0 Å². The fourth-order valence-corrected chi connectivity index (χ4v) is 3.50. The number of carbonyl (C=O) groups excluding carboxylic acids is 2. The van der Waals surface area contributed by atoms with E-state index >= 15 is 0 Å². The SMILES string of the molecule is O=C(NCC(=O)N1CCN(Cc2ccsc2)CC1)c1cc(Cl)ccn1. The van der Waals surface area contributed by atoms with Crippen LogP contribution in [0.25, 0.3) is 0 Å². The third kappa shape index (κ3) is 5.01. The van der Waals surface area contributed by atoms with Gasteiger partial charge < -0.3 is 10.2 Å². The van der Waals surface area contributed by atoms with Crippen LogP contribution in [0, 0.1) is 0 Å². The highest BCUT2D eigenvalue weighted by atomic mass is 35.5. The molecule has 2 amide bonds. The summed E-state index contributed by atoms with van der Waals surface area (Å²) < 4.78 is 0. The van der Waals surface area contributed by atoms with Crippen LogP contribution in [0.15, 0.2) is 35.2 Å². The Bertz CT molecular complexity index is 730. The number of aromatic nitrogens is 1. The molecule has 2 aromatic heterocycles. The van der Waals surface area contributed by atoms with Crippen molar-refractivity contribution in [2.24, 2.45) is 0 Å². The summed E-state index contributed by atoms with van der Waals surface area (Å²) in [6.07, 6.45) is 1.46. The van der Waals surface area contributed by atoms with Crippen LogP contribution in [0.2, 0.25) is 5.02 Å². The van der Waals surface area contributed by atoms with E-state index in [-0.39, 0.29) is 18.1 Å². The number of amides is 2. The van der Waals surface area contributed by atoms with Gasteiger partial charge in [-0.25, -0.2) is 0 Å². The van der Waals surface area contributed by atoms with E-state index in [9.17, 15) is 9.59 Å². The predicted molar refractivity (Wildman–Crippen MR) is 97.8 cm³/mol. The van der Waals surface area contributed by atoms with Gasteiger partial charge in [0.15, 0.2) is 0 Å². The van der Waals surface area contributed by atoms with Crippen molar-refractivity contribution in [1.29, 1.82) is 0 Å². The molecule has 0 spiro atoms. The Balaban J connectivity index is 1.42. The van der Waals surface area contributed by atoms with Crippen molar-refractivity contribution in [3.63, 3.8) is 0 Å². The molecule has 1 aliphatic rings.